The number of carboxylic acid groups (broad SMARTS) is 2. The summed E-state index contributed by atoms with van der Waals surface area (Å²) >= 11 is 0. The number of ether oxygens (including phenoxy) is 4. The van der Waals surface area contributed by atoms with Crippen molar-refractivity contribution in [2.45, 2.75) is 290 Å². The fraction of sp³-hybridized carbons (Fsp3) is 0.663. The van der Waals surface area contributed by atoms with Gasteiger partial charge in [-0.05, 0) is 133 Å². The van der Waals surface area contributed by atoms with Gasteiger partial charge in [0.05, 0.1) is 68.8 Å². The summed E-state index contributed by atoms with van der Waals surface area (Å²) in [6, 6.07) is -5.92. The molecule has 4 aliphatic carbocycles. The molecule has 1 unspecified atom stereocenters. The molecule has 10 amide bonds. The molecule has 0 bridgehead atoms. The Morgan fingerprint density at radius 1 is 0.574 bits per heavy atom. The number of amides is 10. The number of aliphatic carboxylic acids is 2. The van der Waals surface area contributed by atoms with E-state index in [1.165, 1.54) is 38.3 Å². The average Bonchev–Trinajstić information content (AvgIpc) is 1.50. The topological polar surface area (TPSA) is 887 Å². The van der Waals surface area contributed by atoms with Crippen molar-refractivity contribution < 1.29 is 183 Å². The minimum absolute atomic E-state index is 0.0198. The number of aromatic nitrogens is 4. The van der Waals surface area contributed by atoms with E-state index in [0.29, 0.717) is 37.1 Å². The number of allylic oxidation sites excluding steroid dienone is 4. The second kappa shape index (κ2) is 57.1. The molecule has 2 aromatic heterocycles. The zero-order chi connectivity index (χ0) is 110. The third-order valence-electron chi connectivity index (χ3n) is 26.8. The van der Waals surface area contributed by atoms with Gasteiger partial charge in [-0.2, -0.15) is 4.98 Å². The van der Waals surface area contributed by atoms with Crippen LogP contribution < -0.4 is 69.8 Å². The summed E-state index contributed by atoms with van der Waals surface area (Å²) in [6.07, 6.45) is -29.3. The number of nitrogens with zero attached hydrogens (tertiary/aromatic N) is 3. The molecule has 8 rings (SSSR count). The van der Waals surface area contributed by atoms with Crippen LogP contribution in [0, 0.1) is 28.6 Å². The van der Waals surface area contributed by atoms with Crippen LogP contribution in [0.3, 0.4) is 0 Å². The number of hydrogen-bond acceptors (Lipinski definition) is 43. The number of anilines is 2. The predicted molar refractivity (Wildman–Crippen MR) is 517 cm³/mol. The molecule has 54 nitrogen and oxygen atoms in total. The van der Waals surface area contributed by atoms with Crippen molar-refractivity contribution in [1.29, 1.82) is 0 Å². The van der Waals surface area contributed by atoms with Crippen LogP contribution in [0.1, 0.15) is 160 Å². The van der Waals surface area contributed by atoms with Crippen molar-refractivity contribution in [3.05, 3.63) is 75.9 Å². The van der Waals surface area contributed by atoms with Crippen LogP contribution >= 0.6 is 21.6 Å². The Labute approximate surface area is 854 Å². The molecule has 56 heteroatoms. The number of Topliss-reactive ketones (excluding diaryl/α,β-unsaturated/α-hetero) is 1. The third-order valence-corrected chi connectivity index (χ3v) is 29.3. The van der Waals surface area contributed by atoms with Crippen molar-refractivity contribution in [2.24, 2.45) is 28.6 Å². The van der Waals surface area contributed by atoms with Gasteiger partial charge in [0.25, 0.3) is 11.5 Å². The van der Waals surface area contributed by atoms with Crippen molar-refractivity contribution >= 4 is 133 Å². The van der Waals surface area contributed by atoms with Crippen molar-refractivity contribution in [1.82, 2.24) is 73.1 Å². The Kier molecular flexibility index (Phi) is 47.1. The number of aliphatic hydroxyl groups is 16. The Morgan fingerprint density at radius 2 is 1.04 bits per heavy atom. The second-order valence-corrected chi connectivity index (χ2v) is 40.2. The molecule has 1 aromatic carbocycles. The first-order chi connectivity index (χ1) is 69.9. The van der Waals surface area contributed by atoms with E-state index >= 15 is 0 Å². The molecule has 824 valence electrons. The fourth-order valence-corrected chi connectivity index (χ4v) is 20.7. The Balaban J connectivity index is 0.964. The number of rotatable bonds is 62. The zero-order valence-electron chi connectivity index (χ0n) is 81.8. The molecule has 1 aliphatic heterocycles. The van der Waals surface area contributed by atoms with E-state index in [-0.39, 0.29) is 83.7 Å². The van der Waals surface area contributed by atoms with E-state index in [0.717, 1.165) is 27.2 Å². The lowest BCUT2D eigenvalue weighted by atomic mass is 9.46. The SMILES string of the molecule is CCC1O[C@@H]2C[C@H]3[C@@H]4CCC5=CC(=O)C=C[C@]5(C)[C@H]4[C@@H](O)C[C@]3(C)[C@]2(C(=O)COC(=O)OCCSSC[C@@H](C)NC(=O)[C@H](CCC(=O)NC[C@H](O)[C@@H](O)[C@H](O)[C@H](O)CO)NC(=O)[C@H](CCC(=O)O)NC(=O)[C@H](CCC(=O)NC[C@H](O)[C@@H](O)[C@H](O)[C@H](O)CO)NC(=O)[C@H](CCC(=O)O)NC(=O)[C@H](CCC(=O)NC[C@H](O)[C@@H](O)[C@H](O)[C@H](O)CO)NC(=O)CC[C@@H](C)NC(=O)c2ccc(NCc3cnc4nc(N)[nH]c(=O)c4n3)cc2)O1. The standard InChI is InChI=1S/C92H136N16O38S2/c1-6-71-145-64-30-50-49-13-10-45-29-48(112)25-26-90(45,4)72(49)56(113)31-91(50,5)92(64,146-71)63(120)40-144-89(142)143-27-28-147-148-41-43(3)100-82(136)52(15-21-66(122)96-35-58(115)75(130)78(133)61(118)38-110)103-85(139)55(18-24-70(127)128)106-84(138)53(16-22-67(123)97-36-59(116)76(131)79(134)62(119)39-111)104-86(140)54(17-23-69(125)126)105-83(137)51(14-20-65(121)95-34-57(114)74(129)77(132)60(117)37-109)102-68(124)19-7-42(2)99-81(135)44-8-11-46(12-9-44)94-32-47-33-98-80-73(101-47)87(141)108-88(93)107-80/h8-9,11-12,25-26,29,33,42-43,49-62,64,71-72,74-79,94,109-111,113-119,129-134H,6-7,10,13-24,27-28,30-32,34-41H2,1-5H3,(H,95,121)(H,96,122)(H,97,123)(H,99,135)(H,100,136)(H,102,124)(H,103,139)(H,104,140)(H,105,137)(H,106,138)(H,125,126)(H,127,128)(H3,93,98,107,108,141)/t42-,43-,49+,50+,51+,52+,53+,54+,55+,56+,57+,58+,59+,60-,61-,62-,64-,71?,72-,74-,75-,76-,77-,78-,79-,90+,91+,92-/m1/s1. The van der Waals surface area contributed by atoms with E-state index < -0.39 is 356 Å². The number of hydrogen-bond donors (Lipinski definition) is 31. The number of aromatic amines is 1. The van der Waals surface area contributed by atoms with Crippen LogP contribution in [0.25, 0.3) is 11.2 Å². The number of nitrogens with one attached hydrogen (secondary N) is 12. The van der Waals surface area contributed by atoms with Crippen LogP contribution in [-0.4, -0.2) is 404 Å². The van der Waals surface area contributed by atoms with E-state index in [2.05, 4.69) is 78.4 Å². The Bertz CT molecular complexity index is 5210. The van der Waals surface area contributed by atoms with Gasteiger partial charge >= 0.3 is 18.1 Å². The van der Waals surface area contributed by atoms with Crippen LogP contribution in [0.2, 0.25) is 0 Å². The van der Waals surface area contributed by atoms with Crippen LogP contribution in [0.4, 0.5) is 16.4 Å². The average molecular weight is 2140 g/mol. The summed E-state index contributed by atoms with van der Waals surface area (Å²) in [6.45, 7) is 1.93. The van der Waals surface area contributed by atoms with Gasteiger partial charge in [-0.3, -0.25) is 76.9 Å². The molecular weight excluding hydrogens is 2000 g/mol. The molecule has 148 heavy (non-hydrogen) atoms. The summed E-state index contributed by atoms with van der Waals surface area (Å²) in [5, 5.41) is 210. The first-order valence-corrected chi connectivity index (χ1v) is 50.7. The van der Waals surface area contributed by atoms with Crippen LogP contribution in [-0.2, 0) is 87.8 Å². The van der Waals surface area contributed by atoms with Gasteiger partial charge in [-0.1, -0.05) is 54.0 Å². The van der Waals surface area contributed by atoms with Gasteiger partial charge in [0, 0.05) is 110 Å². The smallest absolute Gasteiger partial charge is 0.481 e. The quantitative estimate of drug-likeness (QED) is 0.0142. The monoisotopic (exact) mass is 2140 g/mol. The lowest BCUT2D eigenvalue weighted by Gasteiger charge is -2.59. The lowest BCUT2D eigenvalue weighted by molar-refractivity contribution is -0.200. The first-order valence-electron chi connectivity index (χ1n) is 48.2. The fourth-order valence-electron chi connectivity index (χ4n) is 18.6. The van der Waals surface area contributed by atoms with Gasteiger partial charge in [0.1, 0.15) is 91.8 Å². The molecule has 3 aromatic rings. The van der Waals surface area contributed by atoms with E-state index in [9.17, 15) is 169 Å². The molecule has 1 saturated heterocycles. The number of carbonyl (C=O) groups is 15. The molecule has 5 aliphatic rings. The minimum Gasteiger partial charge on any atom is -0.481 e. The number of aliphatic hydroxyl groups excluding tert-OH is 16. The number of carboxylic acids is 2. The van der Waals surface area contributed by atoms with Gasteiger partial charge in [0.2, 0.25) is 64.9 Å². The summed E-state index contributed by atoms with van der Waals surface area (Å²) in [4.78, 5) is 234. The molecule has 3 saturated carbocycles. The van der Waals surface area contributed by atoms with Gasteiger partial charge in [0.15, 0.2) is 35.4 Å². The highest BCUT2D eigenvalue weighted by Crippen LogP contribution is 2.70. The second-order valence-electron chi connectivity index (χ2n) is 37.6. The molecule has 0 spiro atoms. The van der Waals surface area contributed by atoms with Crippen molar-refractivity contribution in [3.63, 3.8) is 0 Å². The highest BCUT2D eigenvalue weighted by Gasteiger charge is 2.76. The Hall–Kier alpha value is -11.3. The van der Waals surface area contributed by atoms with Gasteiger partial charge in [-0.25, -0.2) is 14.8 Å². The maximum absolute atomic E-state index is 15.0. The third kappa shape index (κ3) is 33.6. The first kappa shape index (κ1) is 122. The minimum atomic E-state index is -2.23. The molecule has 3 heterocycles. The molecule has 28 atom stereocenters. The van der Waals surface area contributed by atoms with Gasteiger partial charge < -0.3 is 175 Å². The number of fused-ring (bicyclic) bond motifs is 8. The molecule has 4 fully saturated rings. The lowest BCUT2D eigenvalue weighted by Crippen LogP contribution is -2.63. The molecule has 32 N–H and O–H groups in total. The van der Waals surface area contributed by atoms with Crippen molar-refractivity contribution in [2.75, 3.05) is 75.2 Å². The van der Waals surface area contributed by atoms with Crippen LogP contribution in [0.15, 0.2) is 59.1 Å². The number of nitrogen functional groups attached to an aromatic ring is 1. The number of benzene rings is 1. The van der Waals surface area contributed by atoms with Crippen LogP contribution in [0.5, 0.6) is 0 Å². The molecular formula is C92H136N16O38S2. The predicted octanol–water partition coefficient (Wildman–Crippen LogP) is -8.66. The number of carbonyl (C=O) groups excluding carboxylic acids is 13. The number of nitrogens with two attached hydrogens (primary N) is 1. The van der Waals surface area contributed by atoms with E-state index in [4.69, 9.17) is 24.7 Å². The molecule has 0 radical (unpaired) electrons. The zero-order valence-corrected chi connectivity index (χ0v) is 83.4. The summed E-state index contributed by atoms with van der Waals surface area (Å²) in [7, 11) is 2.25. The maximum atomic E-state index is 15.0. The highest BCUT2D eigenvalue weighted by molar-refractivity contribution is 8.76. The maximum Gasteiger partial charge on any atom is 0.508 e. The summed E-state index contributed by atoms with van der Waals surface area (Å²) in [5.41, 5.74) is 3.67. The summed E-state index contributed by atoms with van der Waals surface area (Å²) in [5.74, 6) is -16.1. The largest absolute Gasteiger partial charge is 0.508 e. The summed E-state index contributed by atoms with van der Waals surface area (Å²) < 4.78 is 23.7. The van der Waals surface area contributed by atoms with E-state index in [1.54, 1.807) is 18.2 Å². The van der Waals surface area contributed by atoms with Crippen molar-refractivity contribution in [3.8, 4) is 0 Å². The van der Waals surface area contributed by atoms with E-state index in [1.807, 2.05) is 26.8 Å². The highest BCUT2D eigenvalue weighted by atomic mass is 33.1. The number of H-pyrrole nitrogens is 1. The Morgan fingerprint density at radius 3 is 1.52 bits per heavy atom. The number of ketones is 2. The van der Waals surface area contributed by atoms with Gasteiger partial charge in [-0.15, -0.1) is 0 Å². The normalized spacial score (nSPS) is 23.5.